The number of nitrogens with zero attached hydrogens (tertiary/aromatic N) is 2. The van der Waals surface area contributed by atoms with Gasteiger partial charge in [0.25, 0.3) is 0 Å². The maximum Gasteiger partial charge on any atom is 0.155 e. The fourth-order valence-electron chi connectivity index (χ4n) is 3.39. The fraction of sp³-hybridized carbons (Fsp3) is 0.667. The Hall–Kier alpha value is -1.67. The van der Waals surface area contributed by atoms with E-state index in [-0.39, 0.29) is 11.6 Å². The molecular weight excluding hydrogens is 343 g/mol. The standard InChI is InChI=1S/C24H37BN2O/c1-6-9-21-11-8-16-26-24(19(4)12-14-21)27-17-23(25)20(5)18(3)13-15-22(28)10-7-2/h7-8,10-11,18-20,23H,6,9,12-15,17H2,1-5H3/b10-7?,21-11-,27-24?. The van der Waals surface area contributed by atoms with Crippen LogP contribution in [0.1, 0.15) is 73.1 Å². The van der Waals surface area contributed by atoms with Gasteiger partial charge in [-0.05, 0) is 62.5 Å². The molecule has 4 atom stereocenters. The molecule has 0 aromatic heterocycles. The van der Waals surface area contributed by atoms with E-state index in [9.17, 15) is 4.79 Å². The van der Waals surface area contributed by atoms with Gasteiger partial charge in [0.1, 0.15) is 5.84 Å². The first-order valence-electron chi connectivity index (χ1n) is 10.8. The van der Waals surface area contributed by atoms with Crippen molar-refractivity contribution in [3.05, 3.63) is 29.9 Å². The molecule has 1 aliphatic rings. The minimum atomic E-state index is -0.0351. The lowest BCUT2D eigenvalue weighted by Gasteiger charge is -2.25. The zero-order valence-electron chi connectivity index (χ0n) is 18.4. The van der Waals surface area contributed by atoms with Crippen molar-refractivity contribution in [1.29, 1.82) is 0 Å². The molecule has 1 aliphatic heterocycles. The van der Waals surface area contributed by atoms with Gasteiger partial charge in [0.2, 0.25) is 0 Å². The molecule has 0 bridgehead atoms. The number of carbonyl (C=O) groups is 1. The Morgan fingerprint density at radius 1 is 1.46 bits per heavy atom. The lowest BCUT2D eigenvalue weighted by atomic mass is 9.71. The molecule has 4 unspecified atom stereocenters. The van der Waals surface area contributed by atoms with Gasteiger partial charge in [0, 0.05) is 18.9 Å². The smallest absolute Gasteiger partial charge is 0.155 e. The maximum atomic E-state index is 11.7. The molecule has 1 rings (SSSR count). The topological polar surface area (TPSA) is 41.8 Å². The number of hydrogen-bond acceptors (Lipinski definition) is 2. The van der Waals surface area contributed by atoms with Gasteiger partial charge in [-0.15, -0.1) is 0 Å². The number of rotatable bonds is 10. The highest BCUT2D eigenvalue weighted by atomic mass is 16.1. The third-order valence-electron chi connectivity index (χ3n) is 5.72. The maximum absolute atomic E-state index is 11.7. The molecule has 3 nitrogen and oxygen atoms in total. The van der Waals surface area contributed by atoms with Crippen LogP contribution in [0.2, 0.25) is 5.82 Å². The molecular formula is C24H37BN2O. The minimum Gasteiger partial charge on any atom is -0.295 e. The Labute approximate surface area is 173 Å². The van der Waals surface area contributed by atoms with E-state index in [4.69, 9.17) is 12.8 Å². The van der Waals surface area contributed by atoms with E-state index in [0.29, 0.717) is 30.7 Å². The van der Waals surface area contributed by atoms with Crippen molar-refractivity contribution in [1.82, 2.24) is 0 Å². The van der Waals surface area contributed by atoms with E-state index in [1.54, 1.807) is 12.2 Å². The molecule has 1 heterocycles. The first kappa shape index (κ1) is 24.4. The average molecular weight is 380 g/mol. The molecule has 0 saturated carbocycles. The van der Waals surface area contributed by atoms with E-state index >= 15 is 0 Å². The second-order valence-electron chi connectivity index (χ2n) is 8.13. The Kier molecular flexibility index (Phi) is 11.8. The predicted molar refractivity (Wildman–Crippen MR) is 123 cm³/mol. The van der Waals surface area contributed by atoms with Crippen LogP contribution in [0.4, 0.5) is 0 Å². The van der Waals surface area contributed by atoms with Gasteiger partial charge < -0.3 is 0 Å². The molecule has 0 fully saturated rings. The molecule has 0 amide bonds. The SMILES string of the molecule is [B]C(CN=C1N=C=C/C=C(/CCC)CCC1C)C(C)C(C)CCC(=O)C=CC. The first-order chi connectivity index (χ1) is 13.4. The third-order valence-corrected chi connectivity index (χ3v) is 5.72. The van der Waals surface area contributed by atoms with E-state index in [1.807, 2.05) is 13.0 Å². The summed E-state index contributed by atoms with van der Waals surface area (Å²) in [6.07, 6.45) is 13.4. The first-order valence-corrected chi connectivity index (χ1v) is 10.8. The van der Waals surface area contributed by atoms with Gasteiger partial charge in [0.15, 0.2) is 5.78 Å². The number of allylic oxidation sites excluding steroid dienone is 5. The second kappa shape index (κ2) is 13.5. The Morgan fingerprint density at radius 3 is 2.89 bits per heavy atom. The summed E-state index contributed by atoms with van der Waals surface area (Å²) in [7, 11) is 6.42. The molecule has 0 aliphatic carbocycles. The third kappa shape index (κ3) is 9.02. The molecule has 0 N–H and O–H groups in total. The van der Waals surface area contributed by atoms with E-state index in [2.05, 4.69) is 44.6 Å². The molecule has 0 saturated heterocycles. The predicted octanol–water partition coefficient (Wildman–Crippen LogP) is 5.92. The lowest BCUT2D eigenvalue weighted by molar-refractivity contribution is -0.114. The number of aliphatic imine (C=N–C) groups is 2. The normalized spacial score (nSPS) is 24.2. The highest BCUT2D eigenvalue weighted by Gasteiger charge is 2.20. The zero-order valence-corrected chi connectivity index (χ0v) is 18.4. The van der Waals surface area contributed by atoms with Crippen molar-refractivity contribution in [3.8, 4) is 0 Å². The fourth-order valence-corrected chi connectivity index (χ4v) is 3.39. The van der Waals surface area contributed by atoms with Crippen LogP contribution >= 0.6 is 0 Å². The monoisotopic (exact) mass is 380 g/mol. The Morgan fingerprint density at radius 2 is 2.21 bits per heavy atom. The summed E-state index contributed by atoms with van der Waals surface area (Å²) in [6.45, 7) is 11.2. The van der Waals surface area contributed by atoms with Crippen molar-refractivity contribution < 1.29 is 4.79 Å². The second-order valence-corrected chi connectivity index (χ2v) is 8.13. The molecule has 0 aromatic rings. The van der Waals surface area contributed by atoms with Crippen LogP contribution in [-0.4, -0.2) is 31.9 Å². The van der Waals surface area contributed by atoms with Gasteiger partial charge >= 0.3 is 0 Å². The van der Waals surface area contributed by atoms with Gasteiger partial charge in [-0.3, -0.25) is 9.79 Å². The average Bonchev–Trinajstić information content (AvgIpc) is 2.76. The van der Waals surface area contributed by atoms with E-state index in [0.717, 1.165) is 37.9 Å². The largest absolute Gasteiger partial charge is 0.295 e. The van der Waals surface area contributed by atoms with E-state index in [1.165, 1.54) is 5.57 Å². The van der Waals surface area contributed by atoms with Crippen LogP contribution in [-0.2, 0) is 4.79 Å². The van der Waals surface area contributed by atoms with Crippen molar-refractivity contribution >= 4 is 25.3 Å². The van der Waals surface area contributed by atoms with Gasteiger partial charge in [0.05, 0.1) is 7.85 Å². The number of carbonyl (C=O) groups excluding carboxylic acids is 1. The molecule has 0 spiro atoms. The van der Waals surface area contributed by atoms with Gasteiger partial charge in [-0.2, -0.15) is 4.99 Å². The van der Waals surface area contributed by atoms with Crippen LogP contribution in [0.25, 0.3) is 0 Å². The Balaban J connectivity index is 2.67. The van der Waals surface area contributed by atoms with Crippen LogP contribution in [0.15, 0.2) is 39.9 Å². The Bertz CT molecular complexity index is 641. The van der Waals surface area contributed by atoms with Crippen molar-refractivity contribution in [2.45, 2.75) is 79.0 Å². The summed E-state index contributed by atoms with van der Waals surface area (Å²) in [4.78, 5) is 20.9. The van der Waals surface area contributed by atoms with Crippen molar-refractivity contribution in [2.75, 3.05) is 6.54 Å². The number of amidine groups is 1. The molecule has 28 heavy (non-hydrogen) atoms. The molecule has 0 aromatic carbocycles. The summed E-state index contributed by atoms with van der Waals surface area (Å²) in [6, 6.07) is 0. The molecule has 4 heteroatoms. The number of ketones is 1. The highest BCUT2D eigenvalue weighted by molar-refractivity contribution is 6.12. The van der Waals surface area contributed by atoms with Crippen LogP contribution in [0, 0.1) is 17.8 Å². The van der Waals surface area contributed by atoms with E-state index < -0.39 is 0 Å². The summed E-state index contributed by atoms with van der Waals surface area (Å²) in [5, 5.41) is 0. The van der Waals surface area contributed by atoms with Crippen LogP contribution < -0.4 is 0 Å². The van der Waals surface area contributed by atoms with Crippen molar-refractivity contribution in [3.63, 3.8) is 0 Å². The highest BCUT2D eigenvalue weighted by Crippen LogP contribution is 2.27. The van der Waals surface area contributed by atoms with Crippen LogP contribution in [0.5, 0.6) is 0 Å². The summed E-state index contributed by atoms with van der Waals surface area (Å²) < 4.78 is 0. The molecule has 152 valence electrons. The summed E-state index contributed by atoms with van der Waals surface area (Å²) in [5.41, 5.74) is 1.46. The van der Waals surface area contributed by atoms with Crippen molar-refractivity contribution in [2.24, 2.45) is 27.7 Å². The minimum absolute atomic E-state index is 0.0351. The summed E-state index contributed by atoms with van der Waals surface area (Å²) >= 11 is 0. The number of hydrogen-bond donors (Lipinski definition) is 0. The lowest BCUT2D eigenvalue weighted by Crippen LogP contribution is -2.19. The quantitative estimate of drug-likeness (QED) is 0.342. The van der Waals surface area contributed by atoms with Gasteiger partial charge in [-0.25, -0.2) is 0 Å². The van der Waals surface area contributed by atoms with Gasteiger partial charge in [-0.1, -0.05) is 57.7 Å². The van der Waals surface area contributed by atoms with Crippen LogP contribution in [0.3, 0.4) is 0 Å². The zero-order chi connectivity index (χ0) is 20.9. The summed E-state index contributed by atoms with van der Waals surface area (Å²) in [5.74, 6) is 5.01. The molecule has 2 radical (unpaired) electrons.